The van der Waals surface area contributed by atoms with Crippen molar-refractivity contribution >= 4 is 23.6 Å². The summed E-state index contributed by atoms with van der Waals surface area (Å²) >= 11 is 1.84. The molecule has 4 nitrogen and oxygen atoms in total. The molecule has 0 radical (unpaired) electrons. The lowest BCUT2D eigenvalue weighted by Crippen LogP contribution is -2.39. The van der Waals surface area contributed by atoms with Crippen molar-refractivity contribution in [2.45, 2.75) is 13.8 Å². The predicted octanol–water partition coefficient (Wildman–Crippen LogP) is 0.919. The van der Waals surface area contributed by atoms with E-state index >= 15 is 0 Å². The second-order valence-electron chi connectivity index (χ2n) is 5.05. The summed E-state index contributed by atoms with van der Waals surface area (Å²) in [6, 6.07) is 0. The summed E-state index contributed by atoms with van der Waals surface area (Å²) in [7, 11) is 0. The molecular formula is C11H17NO3S. The van der Waals surface area contributed by atoms with Crippen LogP contribution in [0.4, 0.5) is 0 Å². The fourth-order valence-electron chi connectivity index (χ4n) is 2.54. The molecule has 0 aromatic heterocycles. The second-order valence-corrected chi connectivity index (χ2v) is 6.28. The molecule has 16 heavy (non-hydrogen) atoms. The first kappa shape index (κ1) is 11.8. The summed E-state index contributed by atoms with van der Waals surface area (Å²) in [4.78, 5) is 25.0. The van der Waals surface area contributed by atoms with Crippen molar-refractivity contribution in [3.8, 4) is 0 Å². The van der Waals surface area contributed by atoms with Crippen molar-refractivity contribution < 1.29 is 14.7 Å². The van der Waals surface area contributed by atoms with Crippen LogP contribution in [0.5, 0.6) is 0 Å². The van der Waals surface area contributed by atoms with Gasteiger partial charge in [0, 0.05) is 24.6 Å². The predicted molar refractivity (Wildman–Crippen MR) is 62.3 cm³/mol. The molecule has 1 aliphatic carbocycles. The molecule has 0 bridgehead atoms. The van der Waals surface area contributed by atoms with Crippen molar-refractivity contribution in [2.75, 3.05) is 24.6 Å². The van der Waals surface area contributed by atoms with Gasteiger partial charge in [-0.1, -0.05) is 13.8 Å². The van der Waals surface area contributed by atoms with Gasteiger partial charge in [0.1, 0.15) is 0 Å². The topological polar surface area (TPSA) is 57.6 Å². The van der Waals surface area contributed by atoms with E-state index in [1.807, 2.05) is 30.5 Å². The van der Waals surface area contributed by atoms with Crippen LogP contribution < -0.4 is 0 Å². The number of carboxylic acids is 1. The van der Waals surface area contributed by atoms with E-state index in [-0.39, 0.29) is 17.2 Å². The third kappa shape index (κ3) is 1.81. The zero-order chi connectivity index (χ0) is 11.9. The standard InChI is InChI=1S/C11H17NO3S/c1-11(2)7(8(11)10(14)15)9(13)12-3-5-16-6-4-12/h7-8H,3-6H2,1-2H3,(H,14,15). The molecule has 90 valence electrons. The Morgan fingerprint density at radius 3 is 2.25 bits per heavy atom. The molecule has 0 aromatic rings. The largest absolute Gasteiger partial charge is 0.481 e. The molecule has 0 aromatic carbocycles. The number of rotatable bonds is 2. The summed E-state index contributed by atoms with van der Waals surface area (Å²) < 4.78 is 0. The fourth-order valence-corrected chi connectivity index (χ4v) is 3.44. The highest BCUT2D eigenvalue weighted by molar-refractivity contribution is 7.99. The maximum atomic E-state index is 12.1. The first-order valence-electron chi connectivity index (χ1n) is 5.55. The number of carboxylic acid groups (broad SMARTS) is 1. The van der Waals surface area contributed by atoms with E-state index in [4.69, 9.17) is 5.11 Å². The number of carbonyl (C=O) groups is 2. The lowest BCUT2D eigenvalue weighted by atomic mass is 10.1. The van der Waals surface area contributed by atoms with Gasteiger partial charge in [0.05, 0.1) is 11.8 Å². The smallest absolute Gasteiger partial charge is 0.307 e. The Kier molecular flexibility index (Phi) is 2.90. The zero-order valence-corrected chi connectivity index (χ0v) is 10.4. The van der Waals surface area contributed by atoms with E-state index in [0.29, 0.717) is 0 Å². The molecule has 1 aliphatic heterocycles. The van der Waals surface area contributed by atoms with Crippen LogP contribution in [0.2, 0.25) is 0 Å². The Hall–Kier alpha value is -0.710. The quantitative estimate of drug-likeness (QED) is 0.783. The molecule has 2 fully saturated rings. The minimum absolute atomic E-state index is 0.0395. The van der Waals surface area contributed by atoms with Gasteiger partial charge in [-0.2, -0.15) is 11.8 Å². The molecule has 1 amide bonds. The van der Waals surface area contributed by atoms with Crippen molar-refractivity contribution in [1.29, 1.82) is 0 Å². The average Bonchev–Trinajstić information content (AvgIpc) is 2.82. The molecule has 2 unspecified atom stereocenters. The highest BCUT2D eigenvalue weighted by Gasteiger charge is 2.66. The first-order chi connectivity index (χ1) is 7.46. The van der Waals surface area contributed by atoms with E-state index in [9.17, 15) is 9.59 Å². The van der Waals surface area contributed by atoms with Crippen molar-refractivity contribution in [3.05, 3.63) is 0 Å². The van der Waals surface area contributed by atoms with Gasteiger partial charge in [-0.15, -0.1) is 0 Å². The Morgan fingerprint density at radius 1 is 1.25 bits per heavy atom. The molecule has 1 saturated heterocycles. The number of nitrogens with zero attached hydrogens (tertiary/aromatic N) is 1. The van der Waals surface area contributed by atoms with Crippen molar-refractivity contribution in [1.82, 2.24) is 4.90 Å². The van der Waals surface area contributed by atoms with Gasteiger partial charge < -0.3 is 10.0 Å². The highest BCUT2D eigenvalue weighted by Crippen LogP contribution is 2.59. The summed E-state index contributed by atoms with van der Waals surface area (Å²) in [5, 5.41) is 9.03. The van der Waals surface area contributed by atoms with Gasteiger partial charge in [0.15, 0.2) is 0 Å². The first-order valence-corrected chi connectivity index (χ1v) is 6.71. The second kappa shape index (κ2) is 3.95. The normalized spacial score (nSPS) is 32.2. The Balaban J connectivity index is 2.03. The molecule has 2 rings (SSSR count). The van der Waals surface area contributed by atoms with Gasteiger partial charge in [0.2, 0.25) is 5.91 Å². The van der Waals surface area contributed by atoms with Crippen LogP contribution in [0, 0.1) is 17.3 Å². The summed E-state index contributed by atoms with van der Waals surface area (Å²) in [5.41, 5.74) is -0.368. The number of carbonyl (C=O) groups excluding carboxylic acids is 1. The van der Waals surface area contributed by atoms with Crippen molar-refractivity contribution in [3.63, 3.8) is 0 Å². The Labute approximate surface area is 99.4 Å². The lowest BCUT2D eigenvalue weighted by Gasteiger charge is -2.27. The molecule has 5 heteroatoms. The minimum atomic E-state index is -0.838. The molecule has 2 atom stereocenters. The summed E-state index contributed by atoms with van der Waals surface area (Å²) in [6.07, 6.45) is 0. The third-order valence-electron chi connectivity index (χ3n) is 3.68. The fraction of sp³-hybridized carbons (Fsp3) is 0.818. The van der Waals surface area contributed by atoms with E-state index < -0.39 is 11.9 Å². The molecule has 2 aliphatic rings. The molecule has 1 heterocycles. The molecule has 1 N–H and O–H groups in total. The van der Waals surface area contributed by atoms with Crippen LogP contribution in [-0.4, -0.2) is 46.5 Å². The molecular weight excluding hydrogens is 226 g/mol. The summed E-state index contributed by atoms with van der Waals surface area (Å²) in [6.45, 7) is 5.27. The van der Waals surface area contributed by atoms with Crippen LogP contribution in [-0.2, 0) is 9.59 Å². The number of amides is 1. The third-order valence-corrected chi connectivity index (χ3v) is 4.62. The van der Waals surface area contributed by atoms with E-state index in [1.54, 1.807) is 0 Å². The maximum Gasteiger partial charge on any atom is 0.307 e. The van der Waals surface area contributed by atoms with E-state index in [0.717, 1.165) is 24.6 Å². The van der Waals surface area contributed by atoms with E-state index in [2.05, 4.69) is 0 Å². The zero-order valence-electron chi connectivity index (χ0n) is 9.60. The van der Waals surface area contributed by atoms with Gasteiger partial charge in [-0.25, -0.2) is 0 Å². The van der Waals surface area contributed by atoms with Crippen LogP contribution in [0.3, 0.4) is 0 Å². The van der Waals surface area contributed by atoms with Gasteiger partial charge in [0.25, 0.3) is 0 Å². The molecule has 1 saturated carbocycles. The number of hydrogen-bond acceptors (Lipinski definition) is 3. The van der Waals surface area contributed by atoms with Crippen LogP contribution in [0.15, 0.2) is 0 Å². The monoisotopic (exact) mass is 243 g/mol. The maximum absolute atomic E-state index is 12.1. The van der Waals surface area contributed by atoms with Crippen LogP contribution in [0.1, 0.15) is 13.8 Å². The molecule has 0 spiro atoms. The Morgan fingerprint density at radius 2 is 1.81 bits per heavy atom. The number of aliphatic carboxylic acids is 1. The highest BCUT2D eigenvalue weighted by atomic mass is 32.2. The SMILES string of the molecule is CC1(C)C(C(=O)O)C1C(=O)N1CCSCC1. The Bertz CT molecular complexity index is 323. The number of thioether (sulfide) groups is 1. The van der Waals surface area contributed by atoms with Crippen molar-refractivity contribution in [2.24, 2.45) is 17.3 Å². The lowest BCUT2D eigenvalue weighted by molar-refractivity contribution is -0.142. The number of hydrogen-bond donors (Lipinski definition) is 1. The minimum Gasteiger partial charge on any atom is -0.481 e. The average molecular weight is 243 g/mol. The van der Waals surface area contributed by atoms with E-state index in [1.165, 1.54) is 0 Å². The van der Waals surface area contributed by atoms with Gasteiger partial charge in [-0.05, 0) is 5.41 Å². The van der Waals surface area contributed by atoms with Crippen LogP contribution in [0.25, 0.3) is 0 Å². The van der Waals surface area contributed by atoms with Crippen LogP contribution >= 0.6 is 11.8 Å². The van der Waals surface area contributed by atoms with Gasteiger partial charge >= 0.3 is 5.97 Å². The van der Waals surface area contributed by atoms with Gasteiger partial charge in [-0.3, -0.25) is 9.59 Å². The summed E-state index contributed by atoms with van der Waals surface area (Å²) in [5.74, 6) is 0.336.